The molecular formula is C18H20ClNO2S. The van der Waals surface area contributed by atoms with Crippen molar-refractivity contribution in [2.45, 2.75) is 31.7 Å². The van der Waals surface area contributed by atoms with E-state index in [9.17, 15) is 4.79 Å². The van der Waals surface area contributed by atoms with E-state index in [2.05, 4.69) is 4.98 Å². The Morgan fingerprint density at radius 3 is 2.91 bits per heavy atom. The number of carbonyl (C=O) groups excluding carboxylic acids is 1. The molecule has 2 aromatic rings. The van der Waals surface area contributed by atoms with E-state index in [1.807, 2.05) is 32.0 Å². The lowest BCUT2D eigenvalue weighted by Gasteiger charge is -2.11. The predicted molar refractivity (Wildman–Crippen MR) is 95.6 cm³/mol. The average Bonchev–Trinajstić information content (AvgIpc) is 2.53. The summed E-state index contributed by atoms with van der Waals surface area (Å²) >= 11 is 7.51. The first-order valence-electron chi connectivity index (χ1n) is 7.57. The molecule has 3 nitrogen and oxygen atoms in total. The number of ketones is 1. The molecule has 0 unspecified atom stereocenters. The highest BCUT2D eigenvalue weighted by atomic mass is 35.5. The zero-order valence-corrected chi connectivity index (χ0v) is 14.9. The Morgan fingerprint density at radius 2 is 2.17 bits per heavy atom. The molecule has 1 aromatic heterocycles. The molecule has 1 aromatic carbocycles. The van der Waals surface area contributed by atoms with Crippen LogP contribution in [0.5, 0.6) is 5.75 Å². The van der Waals surface area contributed by atoms with E-state index in [-0.39, 0.29) is 5.78 Å². The summed E-state index contributed by atoms with van der Waals surface area (Å²) in [4.78, 5) is 16.6. The Morgan fingerprint density at radius 1 is 1.35 bits per heavy atom. The standard InChI is InChI=1S/C18H20ClNO2S/c1-3-9-22-17-7-6-15(19)10-14(17)11-16(21)12-23-18-13(2)5-4-8-20-18/h4-8,10H,3,9,11-12H2,1-2H3. The Hall–Kier alpha value is -1.52. The van der Waals surface area contributed by atoms with E-state index >= 15 is 0 Å². The number of hydrogen-bond acceptors (Lipinski definition) is 4. The third-order valence-corrected chi connectivity index (χ3v) is 4.61. The number of benzene rings is 1. The number of pyridine rings is 1. The molecule has 0 bridgehead atoms. The molecule has 5 heteroatoms. The molecule has 0 fully saturated rings. The molecule has 0 saturated heterocycles. The maximum absolute atomic E-state index is 12.3. The van der Waals surface area contributed by atoms with Crippen molar-refractivity contribution in [2.75, 3.05) is 12.4 Å². The number of nitrogens with zero attached hydrogens (tertiary/aromatic N) is 1. The van der Waals surface area contributed by atoms with E-state index in [0.717, 1.165) is 28.3 Å². The highest BCUT2D eigenvalue weighted by Gasteiger charge is 2.11. The van der Waals surface area contributed by atoms with Gasteiger partial charge in [-0.1, -0.05) is 36.4 Å². The third-order valence-electron chi connectivity index (χ3n) is 3.20. The van der Waals surface area contributed by atoms with E-state index < -0.39 is 0 Å². The maximum atomic E-state index is 12.3. The minimum atomic E-state index is 0.128. The molecule has 122 valence electrons. The van der Waals surface area contributed by atoms with Crippen LogP contribution in [0.4, 0.5) is 0 Å². The second kappa shape index (κ2) is 8.94. The Kier molecular flexibility index (Phi) is 6.93. The van der Waals surface area contributed by atoms with Gasteiger partial charge in [0.05, 0.1) is 17.4 Å². The van der Waals surface area contributed by atoms with Gasteiger partial charge in [-0.05, 0) is 43.2 Å². The molecule has 0 spiro atoms. The fraction of sp³-hybridized carbons (Fsp3) is 0.333. The molecule has 0 N–H and O–H groups in total. The van der Waals surface area contributed by atoms with Crippen LogP contribution in [0.25, 0.3) is 0 Å². The summed E-state index contributed by atoms with van der Waals surface area (Å²) in [6, 6.07) is 9.31. The predicted octanol–water partition coefficient (Wildman–Crippen LogP) is 4.74. The summed E-state index contributed by atoms with van der Waals surface area (Å²) in [6.07, 6.45) is 2.98. The summed E-state index contributed by atoms with van der Waals surface area (Å²) < 4.78 is 5.69. The third kappa shape index (κ3) is 5.56. The minimum Gasteiger partial charge on any atom is -0.493 e. The number of ether oxygens (including phenoxy) is 1. The van der Waals surface area contributed by atoms with Gasteiger partial charge in [-0.25, -0.2) is 4.98 Å². The van der Waals surface area contributed by atoms with E-state index in [0.29, 0.717) is 23.8 Å². The van der Waals surface area contributed by atoms with Crippen LogP contribution in [0.3, 0.4) is 0 Å². The fourth-order valence-electron chi connectivity index (χ4n) is 2.07. The Labute approximate surface area is 146 Å². The van der Waals surface area contributed by atoms with Crippen molar-refractivity contribution < 1.29 is 9.53 Å². The van der Waals surface area contributed by atoms with Crippen molar-refractivity contribution in [2.24, 2.45) is 0 Å². The first-order valence-corrected chi connectivity index (χ1v) is 8.94. The van der Waals surface area contributed by atoms with Gasteiger partial charge in [0.15, 0.2) is 0 Å². The number of halogens is 1. The summed E-state index contributed by atoms with van der Waals surface area (Å²) in [5.74, 6) is 1.25. The second-order valence-electron chi connectivity index (χ2n) is 5.23. The van der Waals surface area contributed by atoms with Gasteiger partial charge in [0.2, 0.25) is 0 Å². The van der Waals surface area contributed by atoms with Crippen molar-refractivity contribution in [1.82, 2.24) is 4.98 Å². The highest BCUT2D eigenvalue weighted by molar-refractivity contribution is 7.99. The van der Waals surface area contributed by atoms with Crippen LogP contribution in [0.1, 0.15) is 24.5 Å². The molecule has 23 heavy (non-hydrogen) atoms. The average molecular weight is 350 g/mol. The van der Waals surface area contributed by atoms with Crippen LogP contribution in [-0.2, 0) is 11.2 Å². The van der Waals surface area contributed by atoms with Crippen molar-refractivity contribution >= 4 is 29.1 Å². The highest BCUT2D eigenvalue weighted by Crippen LogP contribution is 2.25. The minimum absolute atomic E-state index is 0.128. The molecule has 0 amide bonds. The lowest BCUT2D eigenvalue weighted by molar-refractivity contribution is -0.116. The number of aryl methyl sites for hydroxylation is 1. The van der Waals surface area contributed by atoms with Crippen LogP contribution in [0.2, 0.25) is 5.02 Å². The largest absolute Gasteiger partial charge is 0.493 e. The SMILES string of the molecule is CCCOc1ccc(Cl)cc1CC(=O)CSc1ncccc1C. The molecule has 0 saturated carbocycles. The smallest absolute Gasteiger partial charge is 0.147 e. The molecule has 1 heterocycles. The second-order valence-corrected chi connectivity index (χ2v) is 6.63. The molecule has 0 radical (unpaired) electrons. The number of carbonyl (C=O) groups is 1. The number of hydrogen-bond donors (Lipinski definition) is 0. The summed E-state index contributed by atoms with van der Waals surface area (Å²) in [6.45, 7) is 4.67. The zero-order valence-electron chi connectivity index (χ0n) is 13.3. The lowest BCUT2D eigenvalue weighted by Crippen LogP contribution is -2.08. The van der Waals surface area contributed by atoms with E-state index in [4.69, 9.17) is 16.3 Å². The lowest BCUT2D eigenvalue weighted by atomic mass is 10.1. The number of rotatable bonds is 8. The van der Waals surface area contributed by atoms with Gasteiger partial charge in [-0.15, -0.1) is 0 Å². The van der Waals surface area contributed by atoms with E-state index in [1.165, 1.54) is 11.8 Å². The van der Waals surface area contributed by atoms with Crippen LogP contribution in [-0.4, -0.2) is 23.1 Å². The van der Waals surface area contributed by atoms with Crippen molar-refractivity contribution in [3.8, 4) is 5.75 Å². The molecule has 0 aliphatic rings. The van der Waals surface area contributed by atoms with Crippen LogP contribution in [0.15, 0.2) is 41.6 Å². The van der Waals surface area contributed by atoms with Gasteiger partial charge < -0.3 is 4.74 Å². The van der Waals surface area contributed by atoms with Gasteiger partial charge in [0.1, 0.15) is 11.5 Å². The Balaban J connectivity index is 1.99. The van der Waals surface area contributed by atoms with Gasteiger partial charge in [-0.3, -0.25) is 4.79 Å². The van der Waals surface area contributed by atoms with Crippen molar-refractivity contribution in [3.63, 3.8) is 0 Å². The molecule has 0 aliphatic heterocycles. The number of thioether (sulfide) groups is 1. The Bertz CT molecular complexity index is 676. The first kappa shape index (κ1) is 17.8. The topological polar surface area (TPSA) is 39.2 Å². The zero-order chi connectivity index (χ0) is 16.7. The maximum Gasteiger partial charge on any atom is 0.147 e. The van der Waals surface area contributed by atoms with Gasteiger partial charge in [0, 0.05) is 23.2 Å². The van der Waals surface area contributed by atoms with E-state index in [1.54, 1.807) is 18.3 Å². The number of aromatic nitrogens is 1. The van der Waals surface area contributed by atoms with Gasteiger partial charge in [-0.2, -0.15) is 0 Å². The number of Topliss-reactive ketones (excluding diaryl/α,β-unsaturated/α-hetero) is 1. The molecular weight excluding hydrogens is 330 g/mol. The van der Waals surface area contributed by atoms with Crippen LogP contribution in [0, 0.1) is 6.92 Å². The van der Waals surface area contributed by atoms with Crippen molar-refractivity contribution in [3.05, 3.63) is 52.7 Å². The molecule has 0 atom stereocenters. The summed E-state index contributed by atoms with van der Waals surface area (Å²) in [7, 11) is 0. The molecule has 2 rings (SSSR count). The quantitative estimate of drug-likeness (QED) is 0.645. The van der Waals surface area contributed by atoms with Crippen molar-refractivity contribution in [1.29, 1.82) is 0 Å². The van der Waals surface area contributed by atoms with Crippen LogP contribution >= 0.6 is 23.4 Å². The summed E-state index contributed by atoms with van der Waals surface area (Å²) in [5.41, 5.74) is 1.93. The first-order chi connectivity index (χ1) is 11.1. The molecule has 0 aliphatic carbocycles. The fourth-order valence-corrected chi connectivity index (χ4v) is 3.10. The normalized spacial score (nSPS) is 10.6. The van der Waals surface area contributed by atoms with Crippen LogP contribution < -0.4 is 4.74 Å². The van der Waals surface area contributed by atoms with Gasteiger partial charge >= 0.3 is 0 Å². The van der Waals surface area contributed by atoms with Gasteiger partial charge in [0.25, 0.3) is 0 Å². The monoisotopic (exact) mass is 349 g/mol. The summed E-state index contributed by atoms with van der Waals surface area (Å²) in [5, 5.41) is 1.51.